The Balaban J connectivity index is 5.50. The van der Waals surface area contributed by atoms with E-state index in [9.17, 15) is 0 Å². The molecule has 0 radical (unpaired) electrons. The molecule has 20 heavy (non-hydrogen) atoms. The first-order valence-corrected chi connectivity index (χ1v) is 12.9. The SMILES string of the molecule is CC(C)[NH][Ta]([O]C(C)(C)C)([O]C(C)(C)C)[O]C(C)(C)C. The summed E-state index contributed by atoms with van der Waals surface area (Å²) >= 11 is -3.97. The molecule has 0 aromatic heterocycles. The van der Waals surface area contributed by atoms with Crippen LogP contribution in [0, 0.1) is 0 Å². The van der Waals surface area contributed by atoms with Gasteiger partial charge in [0.1, 0.15) is 0 Å². The van der Waals surface area contributed by atoms with Gasteiger partial charge in [0.2, 0.25) is 0 Å². The van der Waals surface area contributed by atoms with Crippen LogP contribution in [0.3, 0.4) is 0 Å². The van der Waals surface area contributed by atoms with Gasteiger partial charge in [-0.3, -0.25) is 0 Å². The molecule has 4 nitrogen and oxygen atoms in total. The molecule has 0 aromatic carbocycles. The zero-order chi connectivity index (χ0) is 16.4. The maximum atomic E-state index is 6.35. The Morgan fingerprint density at radius 2 is 0.900 bits per heavy atom. The molecule has 0 aliphatic carbocycles. The van der Waals surface area contributed by atoms with Crippen molar-refractivity contribution in [2.24, 2.45) is 0 Å². The molecule has 0 bridgehead atoms. The van der Waals surface area contributed by atoms with Gasteiger partial charge in [0.05, 0.1) is 0 Å². The van der Waals surface area contributed by atoms with Crippen LogP contribution in [-0.4, -0.2) is 22.8 Å². The summed E-state index contributed by atoms with van der Waals surface area (Å²) in [6.45, 7) is 22.6. The molecule has 0 unspecified atom stereocenters. The van der Waals surface area contributed by atoms with Gasteiger partial charge in [-0.05, 0) is 0 Å². The number of hydrogen-bond acceptors (Lipinski definition) is 4. The molecule has 0 aliphatic rings. The molecule has 0 heterocycles. The van der Waals surface area contributed by atoms with Crippen molar-refractivity contribution in [2.45, 2.75) is 99.0 Å². The molecule has 0 rings (SSSR count). The minimum absolute atomic E-state index is 0.250. The van der Waals surface area contributed by atoms with E-state index in [1.54, 1.807) is 0 Å². The van der Waals surface area contributed by atoms with Gasteiger partial charge in [0.15, 0.2) is 0 Å². The van der Waals surface area contributed by atoms with Crippen LogP contribution >= 0.6 is 0 Å². The van der Waals surface area contributed by atoms with Gasteiger partial charge in [0, 0.05) is 0 Å². The quantitative estimate of drug-likeness (QED) is 0.669. The molecular weight excluding hydrogens is 423 g/mol. The van der Waals surface area contributed by atoms with E-state index in [0.717, 1.165) is 0 Å². The fourth-order valence-corrected chi connectivity index (χ4v) is 12.5. The molecular formula is C15H35NO3Ta. The van der Waals surface area contributed by atoms with E-state index in [1.165, 1.54) is 0 Å². The van der Waals surface area contributed by atoms with Gasteiger partial charge in [-0.15, -0.1) is 0 Å². The molecule has 5 heteroatoms. The average Bonchev–Trinajstić information content (AvgIpc) is 1.86. The fourth-order valence-electron chi connectivity index (χ4n) is 1.53. The number of nitrogens with one attached hydrogen (secondary N) is 1. The van der Waals surface area contributed by atoms with E-state index >= 15 is 0 Å². The van der Waals surface area contributed by atoms with Crippen molar-refractivity contribution < 1.29 is 28.3 Å². The Kier molecular flexibility index (Phi) is 6.97. The summed E-state index contributed by atoms with van der Waals surface area (Å²) in [5.41, 5.74) is -0.926. The van der Waals surface area contributed by atoms with Gasteiger partial charge in [-0.1, -0.05) is 0 Å². The van der Waals surface area contributed by atoms with Crippen molar-refractivity contribution in [1.82, 2.24) is 3.72 Å². The van der Waals surface area contributed by atoms with Gasteiger partial charge in [-0.25, -0.2) is 0 Å². The van der Waals surface area contributed by atoms with Crippen molar-refractivity contribution in [1.29, 1.82) is 0 Å². The first-order chi connectivity index (χ1) is 8.54. The Bertz CT molecular complexity index is 257. The summed E-state index contributed by atoms with van der Waals surface area (Å²) in [7, 11) is 0. The standard InChI is InChI=1S/3C4H9O.C3H8N.Ta/c3*1-4(2,3)5;1-3(2)4;/h3*1-3H3;3-4H,1-2H3;/q4*-1;+4. The topological polar surface area (TPSA) is 39.7 Å². The van der Waals surface area contributed by atoms with Crippen LogP contribution in [0.25, 0.3) is 0 Å². The third-order valence-corrected chi connectivity index (χ3v) is 13.1. The van der Waals surface area contributed by atoms with Crippen LogP contribution in [0.15, 0.2) is 0 Å². The summed E-state index contributed by atoms with van der Waals surface area (Å²) in [6.07, 6.45) is 0. The second-order valence-electron chi connectivity index (χ2n) is 8.39. The molecule has 1 N–H and O–H groups in total. The molecule has 0 aliphatic heterocycles. The first-order valence-electron chi connectivity index (χ1n) is 7.33. The third-order valence-electron chi connectivity index (χ3n) is 1.60. The molecule has 0 fully saturated rings. The second-order valence-corrected chi connectivity index (χ2v) is 14.9. The van der Waals surface area contributed by atoms with E-state index in [4.69, 9.17) is 9.73 Å². The van der Waals surface area contributed by atoms with Crippen molar-refractivity contribution in [2.75, 3.05) is 0 Å². The molecule has 123 valence electrons. The van der Waals surface area contributed by atoms with Crippen LogP contribution < -0.4 is 3.72 Å². The maximum absolute atomic E-state index is 6.35. The Labute approximate surface area is 131 Å². The van der Waals surface area contributed by atoms with Crippen molar-refractivity contribution in [3.05, 3.63) is 0 Å². The van der Waals surface area contributed by atoms with E-state index in [0.29, 0.717) is 0 Å². The Hall–Kier alpha value is 0.580. The summed E-state index contributed by atoms with van der Waals surface area (Å²) in [5.74, 6) is 0. The molecule has 0 saturated heterocycles. The van der Waals surface area contributed by atoms with Crippen molar-refractivity contribution >= 4 is 0 Å². The average molecular weight is 458 g/mol. The predicted molar refractivity (Wildman–Crippen MR) is 80.8 cm³/mol. The van der Waals surface area contributed by atoms with Gasteiger partial charge in [0.25, 0.3) is 0 Å². The Morgan fingerprint density at radius 1 is 0.650 bits per heavy atom. The molecule has 0 atom stereocenters. The summed E-state index contributed by atoms with van der Waals surface area (Å²) in [6, 6.07) is 0.250. The molecule has 0 saturated carbocycles. The summed E-state index contributed by atoms with van der Waals surface area (Å²) in [5, 5.41) is 0. The van der Waals surface area contributed by atoms with Crippen LogP contribution in [0.4, 0.5) is 0 Å². The Morgan fingerprint density at radius 3 is 1.05 bits per heavy atom. The van der Waals surface area contributed by atoms with E-state index in [1.807, 2.05) is 62.3 Å². The second kappa shape index (κ2) is 6.78. The number of hydrogen-bond donors (Lipinski definition) is 1. The third kappa shape index (κ3) is 10.3. The first kappa shape index (κ1) is 20.6. The van der Waals surface area contributed by atoms with Gasteiger partial charge < -0.3 is 0 Å². The predicted octanol–water partition coefficient (Wildman–Crippen LogP) is 4.24. The van der Waals surface area contributed by atoms with Crippen LogP contribution in [0.5, 0.6) is 0 Å². The zero-order valence-electron chi connectivity index (χ0n) is 15.2. The van der Waals surface area contributed by atoms with Crippen LogP contribution in [0.2, 0.25) is 0 Å². The van der Waals surface area contributed by atoms with Crippen molar-refractivity contribution in [3.8, 4) is 0 Å². The monoisotopic (exact) mass is 458 g/mol. The zero-order valence-corrected chi connectivity index (χ0v) is 18.5. The van der Waals surface area contributed by atoms with E-state index < -0.39 is 18.6 Å². The van der Waals surface area contributed by atoms with Crippen molar-refractivity contribution in [3.63, 3.8) is 0 Å². The summed E-state index contributed by atoms with van der Waals surface area (Å²) in [4.78, 5) is 0. The fraction of sp³-hybridized carbons (Fsp3) is 1.00. The van der Waals surface area contributed by atoms with E-state index in [2.05, 4.69) is 17.6 Å². The van der Waals surface area contributed by atoms with Gasteiger partial charge in [-0.2, -0.15) is 0 Å². The van der Waals surface area contributed by atoms with Crippen LogP contribution in [0.1, 0.15) is 76.2 Å². The molecule has 0 amide bonds. The van der Waals surface area contributed by atoms with Gasteiger partial charge >= 0.3 is 131 Å². The summed E-state index contributed by atoms with van der Waals surface area (Å²) < 4.78 is 22.6. The molecule has 0 aromatic rings. The number of rotatable bonds is 5. The normalized spacial score (nSPS) is 15.0. The van der Waals surface area contributed by atoms with Crippen LogP contribution in [-0.2, 0) is 28.3 Å². The molecule has 0 spiro atoms. The minimum atomic E-state index is -3.97. The van der Waals surface area contributed by atoms with E-state index in [-0.39, 0.29) is 22.8 Å².